The molecule has 0 aliphatic heterocycles. The first-order valence-corrected chi connectivity index (χ1v) is 4.84. The monoisotopic (exact) mass is 187 g/mol. The summed E-state index contributed by atoms with van der Waals surface area (Å²) in [5.41, 5.74) is -0.644. The molecule has 2 N–H and O–H groups in total. The van der Waals surface area contributed by atoms with Crippen molar-refractivity contribution < 1.29 is 9.90 Å². The molecular formula is C10H21NO2. The number of hydrogen-bond acceptors (Lipinski definition) is 2. The van der Waals surface area contributed by atoms with Crippen molar-refractivity contribution >= 4 is 5.97 Å². The average Bonchev–Trinajstić information content (AvgIpc) is 2.04. The predicted molar refractivity (Wildman–Crippen MR) is 53.7 cm³/mol. The summed E-state index contributed by atoms with van der Waals surface area (Å²) >= 11 is 0. The molecule has 0 heterocycles. The Morgan fingerprint density at radius 3 is 2.00 bits per heavy atom. The predicted octanol–water partition coefficient (Wildman–Crippen LogP) is 1.73. The van der Waals surface area contributed by atoms with Crippen LogP contribution in [0.25, 0.3) is 0 Å². The fraction of sp³-hybridized carbons (Fsp3) is 0.900. The Labute approximate surface area is 80.5 Å². The van der Waals surface area contributed by atoms with Crippen LogP contribution in [0.4, 0.5) is 0 Å². The Morgan fingerprint density at radius 2 is 1.92 bits per heavy atom. The second-order valence-corrected chi connectivity index (χ2v) is 3.86. The van der Waals surface area contributed by atoms with Gasteiger partial charge in [0.25, 0.3) is 0 Å². The minimum Gasteiger partial charge on any atom is -0.481 e. The van der Waals surface area contributed by atoms with Gasteiger partial charge < -0.3 is 10.4 Å². The highest BCUT2D eigenvalue weighted by molar-refractivity contribution is 5.75. The maximum atomic E-state index is 11.3. The van der Waals surface area contributed by atoms with Crippen LogP contribution in [-0.4, -0.2) is 24.2 Å². The van der Waals surface area contributed by atoms with Gasteiger partial charge in [-0.2, -0.15) is 0 Å². The van der Waals surface area contributed by atoms with E-state index in [9.17, 15) is 9.90 Å². The summed E-state index contributed by atoms with van der Waals surface area (Å²) < 4.78 is 0. The lowest BCUT2D eigenvalue weighted by molar-refractivity contribution is -0.154. The molecule has 0 aliphatic rings. The van der Waals surface area contributed by atoms with E-state index in [4.69, 9.17) is 0 Å². The number of nitrogens with one attached hydrogen (secondary N) is 1. The van der Waals surface area contributed by atoms with Crippen LogP contribution in [0.5, 0.6) is 0 Å². The molecule has 0 amide bonds. The minimum absolute atomic E-state index is 0.00463. The molecule has 0 radical (unpaired) electrons. The molecule has 0 bridgehead atoms. The van der Waals surface area contributed by atoms with Crippen molar-refractivity contribution in [1.82, 2.24) is 5.32 Å². The first-order chi connectivity index (χ1) is 5.93. The molecule has 0 saturated carbocycles. The first kappa shape index (κ1) is 12.4. The van der Waals surface area contributed by atoms with E-state index in [2.05, 4.69) is 5.32 Å². The van der Waals surface area contributed by atoms with E-state index in [1.165, 1.54) is 0 Å². The van der Waals surface area contributed by atoms with E-state index in [-0.39, 0.29) is 12.0 Å². The van der Waals surface area contributed by atoms with Crippen molar-refractivity contribution in [3.05, 3.63) is 0 Å². The summed E-state index contributed by atoms with van der Waals surface area (Å²) in [7, 11) is 1.81. The van der Waals surface area contributed by atoms with Crippen LogP contribution in [0.1, 0.15) is 34.1 Å². The van der Waals surface area contributed by atoms with Gasteiger partial charge in [0.05, 0.1) is 5.41 Å². The number of hydrogen-bond donors (Lipinski definition) is 2. The molecule has 78 valence electrons. The molecule has 0 aromatic carbocycles. The SMILES string of the molecule is CCC(C(=O)O)(C(C)C)C(C)NC. The molecule has 0 spiro atoms. The number of aliphatic carboxylic acids is 1. The van der Waals surface area contributed by atoms with Gasteiger partial charge in [-0.15, -0.1) is 0 Å². The maximum Gasteiger partial charge on any atom is 0.311 e. The maximum absolute atomic E-state index is 11.3. The fourth-order valence-corrected chi connectivity index (χ4v) is 2.06. The molecule has 2 atom stereocenters. The lowest BCUT2D eigenvalue weighted by atomic mass is 9.70. The molecule has 0 aromatic rings. The third-order valence-corrected chi connectivity index (χ3v) is 3.22. The zero-order valence-electron chi connectivity index (χ0n) is 9.22. The summed E-state index contributed by atoms with van der Waals surface area (Å²) in [4.78, 5) is 11.3. The number of carboxylic acids is 1. The normalized spacial score (nSPS) is 18.3. The standard InChI is InChI=1S/C10H21NO2/c1-6-10(7(2)3,9(12)13)8(4)11-5/h7-8,11H,6H2,1-5H3,(H,12,13). The van der Waals surface area contributed by atoms with Crippen LogP contribution in [0, 0.1) is 11.3 Å². The Balaban J connectivity index is 4.98. The largest absolute Gasteiger partial charge is 0.481 e. The van der Waals surface area contributed by atoms with Crippen molar-refractivity contribution in [1.29, 1.82) is 0 Å². The lowest BCUT2D eigenvalue weighted by Crippen LogP contribution is -2.50. The van der Waals surface area contributed by atoms with Crippen LogP contribution in [0.3, 0.4) is 0 Å². The van der Waals surface area contributed by atoms with Gasteiger partial charge in [0, 0.05) is 6.04 Å². The van der Waals surface area contributed by atoms with E-state index >= 15 is 0 Å². The average molecular weight is 187 g/mol. The topological polar surface area (TPSA) is 49.3 Å². The van der Waals surface area contributed by atoms with E-state index < -0.39 is 11.4 Å². The van der Waals surface area contributed by atoms with Crippen molar-refractivity contribution in [2.45, 2.75) is 40.2 Å². The highest BCUT2D eigenvalue weighted by Gasteiger charge is 2.44. The Morgan fingerprint density at radius 1 is 1.46 bits per heavy atom. The summed E-state index contributed by atoms with van der Waals surface area (Å²) in [5.74, 6) is -0.565. The van der Waals surface area contributed by atoms with E-state index in [1.807, 2.05) is 27.7 Å². The van der Waals surface area contributed by atoms with Crippen molar-refractivity contribution in [3.63, 3.8) is 0 Å². The van der Waals surface area contributed by atoms with E-state index in [0.29, 0.717) is 6.42 Å². The quantitative estimate of drug-likeness (QED) is 0.689. The molecule has 0 aromatic heterocycles. The van der Waals surface area contributed by atoms with Crippen molar-refractivity contribution in [2.75, 3.05) is 7.05 Å². The minimum atomic E-state index is -0.702. The van der Waals surface area contributed by atoms with Gasteiger partial charge in [-0.1, -0.05) is 20.8 Å². The highest BCUT2D eigenvalue weighted by Crippen LogP contribution is 2.35. The Hall–Kier alpha value is -0.570. The summed E-state index contributed by atoms with van der Waals surface area (Å²) in [6, 6.07) is -0.00463. The van der Waals surface area contributed by atoms with Gasteiger partial charge in [0.2, 0.25) is 0 Å². The second kappa shape index (κ2) is 4.61. The van der Waals surface area contributed by atoms with Gasteiger partial charge in [-0.25, -0.2) is 0 Å². The van der Waals surface area contributed by atoms with Gasteiger partial charge in [0.15, 0.2) is 0 Å². The summed E-state index contributed by atoms with van der Waals surface area (Å²) in [5, 5.41) is 12.3. The van der Waals surface area contributed by atoms with E-state index in [1.54, 1.807) is 7.05 Å². The first-order valence-electron chi connectivity index (χ1n) is 4.84. The Kier molecular flexibility index (Phi) is 4.40. The van der Waals surface area contributed by atoms with Gasteiger partial charge in [-0.05, 0) is 26.3 Å². The smallest absolute Gasteiger partial charge is 0.311 e. The molecule has 0 aliphatic carbocycles. The zero-order valence-corrected chi connectivity index (χ0v) is 9.22. The molecule has 3 heteroatoms. The van der Waals surface area contributed by atoms with Crippen LogP contribution in [-0.2, 0) is 4.79 Å². The van der Waals surface area contributed by atoms with E-state index in [0.717, 1.165) is 0 Å². The third kappa shape index (κ3) is 2.02. The van der Waals surface area contributed by atoms with Gasteiger partial charge in [0.1, 0.15) is 0 Å². The van der Waals surface area contributed by atoms with Crippen LogP contribution in [0.2, 0.25) is 0 Å². The second-order valence-electron chi connectivity index (χ2n) is 3.86. The van der Waals surface area contributed by atoms with Crippen molar-refractivity contribution in [2.24, 2.45) is 11.3 Å². The summed E-state index contributed by atoms with van der Waals surface area (Å²) in [6.07, 6.45) is 0.655. The molecule has 0 rings (SSSR count). The van der Waals surface area contributed by atoms with Gasteiger partial charge in [-0.3, -0.25) is 4.79 Å². The highest BCUT2D eigenvalue weighted by atomic mass is 16.4. The molecule has 3 nitrogen and oxygen atoms in total. The zero-order chi connectivity index (χ0) is 10.6. The molecule has 13 heavy (non-hydrogen) atoms. The van der Waals surface area contributed by atoms with Crippen LogP contribution < -0.4 is 5.32 Å². The van der Waals surface area contributed by atoms with Crippen LogP contribution in [0.15, 0.2) is 0 Å². The lowest BCUT2D eigenvalue weighted by Gasteiger charge is -2.37. The van der Waals surface area contributed by atoms with Gasteiger partial charge >= 0.3 is 5.97 Å². The molecule has 2 unspecified atom stereocenters. The molecule has 0 fully saturated rings. The van der Waals surface area contributed by atoms with Crippen LogP contribution >= 0.6 is 0 Å². The number of carboxylic acid groups (broad SMARTS) is 1. The fourth-order valence-electron chi connectivity index (χ4n) is 2.06. The van der Waals surface area contributed by atoms with Crippen molar-refractivity contribution in [3.8, 4) is 0 Å². The number of rotatable bonds is 5. The Bertz CT molecular complexity index is 180. The molecular weight excluding hydrogens is 166 g/mol. The molecule has 0 saturated heterocycles. The third-order valence-electron chi connectivity index (χ3n) is 3.22. The summed E-state index contributed by atoms with van der Waals surface area (Å²) in [6.45, 7) is 7.79. The number of carbonyl (C=O) groups is 1.